The molecule has 1 aromatic carbocycles. The lowest BCUT2D eigenvalue weighted by Crippen LogP contribution is -2.44. The van der Waals surface area contributed by atoms with Gasteiger partial charge in [-0.2, -0.15) is 0 Å². The molecule has 0 atom stereocenters. The predicted octanol–water partition coefficient (Wildman–Crippen LogP) is 2.61. The van der Waals surface area contributed by atoms with E-state index in [1.54, 1.807) is 6.92 Å². The van der Waals surface area contributed by atoms with Crippen LogP contribution in [0.1, 0.15) is 30.4 Å². The number of nitrogens with two attached hydrogens (primary N) is 1. The number of benzene rings is 1. The lowest BCUT2D eigenvalue weighted by molar-refractivity contribution is 0.244. The molecule has 76 valence electrons. The fraction of sp³-hybridized carbons (Fsp3) is 0.455. The molecule has 2 rings (SSSR count). The minimum atomic E-state index is -0.553. The normalized spacial score (nSPS) is 19.1. The van der Waals surface area contributed by atoms with E-state index in [2.05, 4.69) is 0 Å². The first-order valence-corrected chi connectivity index (χ1v) is 4.78. The van der Waals surface area contributed by atoms with Crippen molar-refractivity contribution >= 4 is 0 Å². The Hall–Kier alpha value is -0.960. The molecular weight excluding hydrogens is 184 g/mol. The second kappa shape index (κ2) is 3.02. The molecule has 0 radical (unpaired) electrons. The van der Waals surface area contributed by atoms with Gasteiger partial charge >= 0.3 is 0 Å². The molecule has 0 spiro atoms. The Morgan fingerprint density at radius 3 is 2.36 bits per heavy atom. The molecule has 3 heteroatoms. The van der Waals surface area contributed by atoms with E-state index in [9.17, 15) is 8.78 Å². The second-order valence-corrected chi connectivity index (χ2v) is 4.09. The molecule has 1 fully saturated rings. The van der Waals surface area contributed by atoms with E-state index in [1.807, 2.05) is 0 Å². The highest BCUT2D eigenvalue weighted by Crippen LogP contribution is 2.40. The van der Waals surface area contributed by atoms with Crippen molar-refractivity contribution in [3.8, 4) is 0 Å². The summed E-state index contributed by atoms with van der Waals surface area (Å²) in [5.74, 6) is -1.02. The standard InChI is InChI=1S/C11H13F2N/c1-7-5-8(10(13)6-9(7)12)11(14)3-2-4-11/h5-6H,2-4,14H2,1H3. The van der Waals surface area contributed by atoms with E-state index in [1.165, 1.54) is 6.07 Å². The van der Waals surface area contributed by atoms with Crippen molar-refractivity contribution in [1.29, 1.82) is 0 Å². The largest absolute Gasteiger partial charge is 0.321 e. The Labute approximate surface area is 81.9 Å². The smallest absolute Gasteiger partial charge is 0.131 e. The molecule has 0 heterocycles. The highest BCUT2D eigenvalue weighted by Gasteiger charge is 2.36. The molecule has 1 saturated carbocycles. The number of hydrogen-bond acceptors (Lipinski definition) is 1. The summed E-state index contributed by atoms with van der Waals surface area (Å²) in [5.41, 5.74) is 6.35. The van der Waals surface area contributed by atoms with Crippen LogP contribution in [0.15, 0.2) is 12.1 Å². The molecular formula is C11H13F2N. The van der Waals surface area contributed by atoms with Crippen LogP contribution < -0.4 is 5.73 Å². The quantitative estimate of drug-likeness (QED) is 0.735. The van der Waals surface area contributed by atoms with Crippen LogP contribution in [-0.4, -0.2) is 0 Å². The topological polar surface area (TPSA) is 26.0 Å². The van der Waals surface area contributed by atoms with E-state index < -0.39 is 17.2 Å². The van der Waals surface area contributed by atoms with Crippen LogP contribution in [0.4, 0.5) is 8.78 Å². The lowest BCUT2D eigenvalue weighted by Gasteiger charge is -2.38. The van der Waals surface area contributed by atoms with E-state index in [-0.39, 0.29) is 0 Å². The first-order chi connectivity index (χ1) is 6.53. The van der Waals surface area contributed by atoms with Crippen LogP contribution in [0.2, 0.25) is 0 Å². The van der Waals surface area contributed by atoms with Gasteiger partial charge in [0.15, 0.2) is 0 Å². The molecule has 1 aliphatic carbocycles. The van der Waals surface area contributed by atoms with Crippen molar-refractivity contribution in [2.75, 3.05) is 0 Å². The van der Waals surface area contributed by atoms with E-state index in [4.69, 9.17) is 5.73 Å². The maximum Gasteiger partial charge on any atom is 0.131 e. The molecule has 0 aliphatic heterocycles. The van der Waals surface area contributed by atoms with Gasteiger partial charge in [-0.05, 0) is 37.8 Å². The molecule has 14 heavy (non-hydrogen) atoms. The summed E-state index contributed by atoms with van der Waals surface area (Å²) in [6, 6.07) is 2.46. The van der Waals surface area contributed by atoms with Crippen molar-refractivity contribution in [1.82, 2.24) is 0 Å². The minimum Gasteiger partial charge on any atom is -0.321 e. The van der Waals surface area contributed by atoms with Crippen molar-refractivity contribution in [2.45, 2.75) is 31.7 Å². The van der Waals surface area contributed by atoms with Crippen LogP contribution in [0.25, 0.3) is 0 Å². The predicted molar refractivity (Wildman–Crippen MR) is 50.8 cm³/mol. The van der Waals surface area contributed by atoms with Crippen LogP contribution in [-0.2, 0) is 5.54 Å². The fourth-order valence-corrected chi connectivity index (χ4v) is 1.87. The summed E-state index contributed by atoms with van der Waals surface area (Å²) < 4.78 is 26.4. The SMILES string of the molecule is Cc1cc(C2(N)CCC2)c(F)cc1F. The third-order valence-corrected chi connectivity index (χ3v) is 3.03. The van der Waals surface area contributed by atoms with Gasteiger partial charge in [-0.25, -0.2) is 8.78 Å². The zero-order valence-corrected chi connectivity index (χ0v) is 8.11. The lowest BCUT2D eigenvalue weighted by atomic mass is 9.72. The van der Waals surface area contributed by atoms with Crippen molar-refractivity contribution < 1.29 is 8.78 Å². The first kappa shape index (κ1) is 9.59. The van der Waals surface area contributed by atoms with Crippen LogP contribution in [0.5, 0.6) is 0 Å². The van der Waals surface area contributed by atoms with Crippen LogP contribution >= 0.6 is 0 Å². The van der Waals surface area contributed by atoms with E-state index >= 15 is 0 Å². The van der Waals surface area contributed by atoms with E-state index in [0.29, 0.717) is 11.1 Å². The molecule has 0 aromatic heterocycles. The molecule has 2 N–H and O–H groups in total. The number of hydrogen-bond donors (Lipinski definition) is 1. The summed E-state index contributed by atoms with van der Waals surface area (Å²) >= 11 is 0. The maximum absolute atomic E-state index is 13.4. The highest BCUT2D eigenvalue weighted by molar-refractivity contribution is 5.32. The molecule has 0 unspecified atom stereocenters. The first-order valence-electron chi connectivity index (χ1n) is 4.78. The van der Waals surface area contributed by atoms with Crippen LogP contribution in [0.3, 0.4) is 0 Å². The summed E-state index contributed by atoms with van der Waals surface area (Å²) in [6.07, 6.45) is 2.59. The maximum atomic E-state index is 13.4. The van der Waals surface area contributed by atoms with Gasteiger partial charge in [0.2, 0.25) is 0 Å². The molecule has 0 saturated heterocycles. The average molecular weight is 197 g/mol. The minimum absolute atomic E-state index is 0.457. The third kappa shape index (κ3) is 1.32. The highest BCUT2D eigenvalue weighted by atomic mass is 19.1. The molecule has 1 aliphatic rings. The van der Waals surface area contributed by atoms with Gasteiger partial charge in [-0.1, -0.05) is 0 Å². The fourth-order valence-electron chi connectivity index (χ4n) is 1.87. The van der Waals surface area contributed by atoms with Gasteiger partial charge in [-0.3, -0.25) is 0 Å². The molecule has 1 nitrogen and oxygen atoms in total. The number of rotatable bonds is 1. The molecule has 0 amide bonds. The number of aryl methyl sites for hydroxylation is 1. The summed E-state index contributed by atoms with van der Waals surface area (Å²) in [5, 5.41) is 0. The van der Waals surface area contributed by atoms with Crippen molar-refractivity contribution in [3.05, 3.63) is 34.9 Å². The molecule has 1 aromatic rings. The van der Waals surface area contributed by atoms with Gasteiger partial charge in [0, 0.05) is 17.2 Å². The monoisotopic (exact) mass is 197 g/mol. The zero-order valence-electron chi connectivity index (χ0n) is 8.11. The Kier molecular flexibility index (Phi) is 2.07. The Balaban J connectivity index is 2.48. The van der Waals surface area contributed by atoms with Crippen LogP contribution in [0, 0.1) is 18.6 Å². The summed E-state index contributed by atoms with van der Waals surface area (Å²) in [7, 11) is 0. The van der Waals surface area contributed by atoms with Crippen molar-refractivity contribution in [2.24, 2.45) is 5.73 Å². The second-order valence-electron chi connectivity index (χ2n) is 4.09. The summed E-state index contributed by atoms with van der Waals surface area (Å²) in [6.45, 7) is 1.63. The molecule has 0 bridgehead atoms. The van der Waals surface area contributed by atoms with Crippen molar-refractivity contribution in [3.63, 3.8) is 0 Å². The third-order valence-electron chi connectivity index (χ3n) is 3.03. The van der Waals surface area contributed by atoms with Gasteiger partial charge in [0.25, 0.3) is 0 Å². The van der Waals surface area contributed by atoms with E-state index in [0.717, 1.165) is 25.3 Å². The zero-order chi connectivity index (χ0) is 10.3. The Bertz CT molecular complexity index is 370. The Morgan fingerprint density at radius 2 is 1.86 bits per heavy atom. The van der Waals surface area contributed by atoms with Gasteiger partial charge in [0.05, 0.1) is 0 Å². The average Bonchev–Trinajstić information content (AvgIpc) is 2.07. The Morgan fingerprint density at radius 1 is 1.21 bits per heavy atom. The van der Waals surface area contributed by atoms with Gasteiger partial charge in [0.1, 0.15) is 11.6 Å². The van der Waals surface area contributed by atoms with Gasteiger partial charge in [-0.15, -0.1) is 0 Å². The summed E-state index contributed by atoms with van der Waals surface area (Å²) in [4.78, 5) is 0. The van der Waals surface area contributed by atoms with Gasteiger partial charge < -0.3 is 5.73 Å². The number of halogens is 2.